The largest absolute Gasteiger partial charge is 0.475 e. The first kappa shape index (κ1) is 9.84. The zero-order valence-corrected chi connectivity index (χ0v) is 6.17. The predicted molar refractivity (Wildman–Crippen MR) is 37.3 cm³/mol. The fourth-order valence-electron chi connectivity index (χ4n) is 0.362. The number of halogens is 1. The Kier molecular flexibility index (Phi) is 4.14. The van der Waals surface area contributed by atoms with Crippen LogP contribution in [0.5, 0.6) is 0 Å². The highest BCUT2D eigenvalue weighted by atomic mass is 35.5. The number of aldehydes is 1. The molecule has 0 amide bonds. The molecule has 0 aliphatic heterocycles. The molecule has 0 aliphatic rings. The average molecular weight is 177 g/mol. The molecular formula is C6H5ClO4. The molecule has 0 fully saturated rings. The van der Waals surface area contributed by atoms with Gasteiger partial charge in [0.2, 0.25) is 5.78 Å². The van der Waals surface area contributed by atoms with Gasteiger partial charge in [-0.1, -0.05) is 11.6 Å². The van der Waals surface area contributed by atoms with Crippen molar-refractivity contribution < 1.29 is 19.5 Å². The van der Waals surface area contributed by atoms with Gasteiger partial charge in [-0.3, -0.25) is 9.59 Å². The van der Waals surface area contributed by atoms with Crippen LogP contribution in [0, 0.1) is 0 Å². The third kappa shape index (κ3) is 4.27. The molecule has 0 unspecified atom stereocenters. The molecule has 0 spiro atoms. The molecule has 0 atom stereocenters. The number of carboxylic acid groups (broad SMARTS) is 1. The number of hydrogen-bond donors (Lipinski definition) is 1. The van der Waals surface area contributed by atoms with Crippen molar-refractivity contribution in [2.75, 3.05) is 0 Å². The van der Waals surface area contributed by atoms with Gasteiger partial charge in [0.15, 0.2) is 0 Å². The number of Topliss-reactive ketones (excluding diaryl/α,β-unsaturated/α-hetero) is 1. The minimum Gasteiger partial charge on any atom is -0.475 e. The highest BCUT2D eigenvalue weighted by Crippen LogP contribution is 2.05. The molecule has 0 aliphatic carbocycles. The second-order valence-corrected chi connectivity index (χ2v) is 2.14. The Labute approximate surface area is 67.5 Å². The molecule has 4 nitrogen and oxygen atoms in total. The maximum Gasteiger partial charge on any atom is 0.372 e. The van der Waals surface area contributed by atoms with E-state index < -0.39 is 18.2 Å². The van der Waals surface area contributed by atoms with E-state index in [2.05, 4.69) is 0 Å². The Morgan fingerprint density at radius 2 is 2.00 bits per heavy atom. The molecule has 0 aromatic carbocycles. The van der Waals surface area contributed by atoms with E-state index in [4.69, 9.17) is 16.7 Å². The van der Waals surface area contributed by atoms with E-state index >= 15 is 0 Å². The van der Waals surface area contributed by atoms with Crippen molar-refractivity contribution in [2.45, 2.75) is 6.42 Å². The van der Waals surface area contributed by atoms with Crippen molar-refractivity contribution in [1.29, 1.82) is 0 Å². The van der Waals surface area contributed by atoms with Crippen molar-refractivity contribution in [2.24, 2.45) is 0 Å². The van der Waals surface area contributed by atoms with Crippen LogP contribution in [-0.2, 0) is 14.4 Å². The van der Waals surface area contributed by atoms with Crippen LogP contribution in [0.3, 0.4) is 0 Å². The van der Waals surface area contributed by atoms with E-state index in [9.17, 15) is 14.4 Å². The number of allylic oxidation sites excluding steroid dienone is 2. The fourth-order valence-corrected chi connectivity index (χ4v) is 0.535. The topological polar surface area (TPSA) is 71.4 Å². The van der Waals surface area contributed by atoms with Crippen LogP contribution in [0.1, 0.15) is 6.42 Å². The Morgan fingerprint density at radius 3 is 2.36 bits per heavy atom. The van der Waals surface area contributed by atoms with E-state index in [-0.39, 0.29) is 5.03 Å². The zero-order chi connectivity index (χ0) is 8.85. The van der Waals surface area contributed by atoms with Gasteiger partial charge in [0.05, 0.1) is 6.42 Å². The third-order valence-corrected chi connectivity index (χ3v) is 1.08. The molecule has 60 valence electrons. The average Bonchev–Trinajstić information content (AvgIpc) is 1.87. The molecule has 11 heavy (non-hydrogen) atoms. The normalized spacial score (nSPS) is 10.8. The second kappa shape index (κ2) is 4.62. The summed E-state index contributed by atoms with van der Waals surface area (Å²) in [6.45, 7) is 0. The maximum atomic E-state index is 10.4. The molecule has 5 heteroatoms. The van der Waals surface area contributed by atoms with Gasteiger partial charge in [-0.15, -0.1) is 0 Å². The van der Waals surface area contributed by atoms with Crippen LogP contribution in [0.4, 0.5) is 0 Å². The first-order valence-electron chi connectivity index (χ1n) is 2.64. The quantitative estimate of drug-likeness (QED) is 0.381. The molecule has 0 bridgehead atoms. The SMILES string of the molecule is O=C/C=C(/Cl)CC(=O)C(=O)O. The van der Waals surface area contributed by atoms with Crippen LogP contribution in [0.15, 0.2) is 11.1 Å². The molecule has 0 saturated heterocycles. The summed E-state index contributed by atoms with van der Waals surface area (Å²) in [7, 11) is 0. The standard InChI is InChI=1S/C6H5ClO4/c7-4(1-2-8)3-5(9)6(10)11/h1-2H,3H2,(H,10,11)/b4-1+. The van der Waals surface area contributed by atoms with Gasteiger partial charge in [0.1, 0.15) is 6.29 Å². The Bertz CT molecular complexity index is 219. The first-order chi connectivity index (χ1) is 5.07. The van der Waals surface area contributed by atoms with Crippen LogP contribution in [0.2, 0.25) is 0 Å². The van der Waals surface area contributed by atoms with Crippen LogP contribution < -0.4 is 0 Å². The molecule has 0 saturated carbocycles. The van der Waals surface area contributed by atoms with E-state index in [1.54, 1.807) is 0 Å². The van der Waals surface area contributed by atoms with Crippen LogP contribution in [-0.4, -0.2) is 23.1 Å². The fraction of sp³-hybridized carbons (Fsp3) is 0.167. The number of aliphatic carboxylic acids is 1. The van der Waals surface area contributed by atoms with Crippen LogP contribution >= 0.6 is 11.6 Å². The van der Waals surface area contributed by atoms with E-state index in [0.717, 1.165) is 6.08 Å². The maximum absolute atomic E-state index is 10.4. The van der Waals surface area contributed by atoms with Crippen molar-refractivity contribution >= 4 is 29.6 Å². The third-order valence-electron chi connectivity index (χ3n) is 0.817. The molecule has 0 heterocycles. The van der Waals surface area contributed by atoms with Gasteiger partial charge in [0.25, 0.3) is 0 Å². The number of carbonyl (C=O) groups is 3. The molecule has 0 aromatic heterocycles. The van der Waals surface area contributed by atoms with Gasteiger partial charge in [-0.05, 0) is 6.08 Å². The smallest absolute Gasteiger partial charge is 0.372 e. The molecular weight excluding hydrogens is 172 g/mol. The molecule has 0 radical (unpaired) electrons. The Balaban J connectivity index is 4.05. The van der Waals surface area contributed by atoms with Gasteiger partial charge < -0.3 is 5.11 Å². The second-order valence-electron chi connectivity index (χ2n) is 1.65. The lowest BCUT2D eigenvalue weighted by Crippen LogP contribution is -2.11. The summed E-state index contributed by atoms with van der Waals surface area (Å²) >= 11 is 5.27. The van der Waals surface area contributed by atoms with E-state index in [1.165, 1.54) is 0 Å². The molecule has 1 N–H and O–H groups in total. The summed E-state index contributed by atoms with van der Waals surface area (Å²) < 4.78 is 0. The lowest BCUT2D eigenvalue weighted by Gasteiger charge is -1.90. The number of carbonyl (C=O) groups excluding carboxylic acids is 2. The Hall–Kier alpha value is -1.16. The monoisotopic (exact) mass is 176 g/mol. The summed E-state index contributed by atoms with van der Waals surface area (Å²) in [5, 5.41) is 8.00. The lowest BCUT2D eigenvalue weighted by atomic mass is 10.2. The number of rotatable bonds is 4. The molecule has 0 rings (SSSR count). The minimum atomic E-state index is -1.55. The summed E-state index contributed by atoms with van der Waals surface area (Å²) in [6, 6.07) is 0. The summed E-state index contributed by atoms with van der Waals surface area (Å²) in [4.78, 5) is 30.0. The first-order valence-corrected chi connectivity index (χ1v) is 3.01. The van der Waals surface area contributed by atoms with Gasteiger partial charge in [0, 0.05) is 5.03 Å². The van der Waals surface area contributed by atoms with Gasteiger partial charge >= 0.3 is 5.97 Å². The van der Waals surface area contributed by atoms with E-state index in [1.807, 2.05) is 0 Å². The summed E-state index contributed by atoms with van der Waals surface area (Å²) in [6.07, 6.45) is 0.884. The number of carboxylic acids is 1. The summed E-state index contributed by atoms with van der Waals surface area (Å²) in [5.74, 6) is -2.59. The van der Waals surface area contributed by atoms with E-state index in [0.29, 0.717) is 6.29 Å². The van der Waals surface area contributed by atoms with Gasteiger partial charge in [-0.25, -0.2) is 4.79 Å². The van der Waals surface area contributed by atoms with Crippen molar-refractivity contribution in [3.8, 4) is 0 Å². The highest BCUT2D eigenvalue weighted by Gasteiger charge is 2.11. The van der Waals surface area contributed by atoms with Crippen LogP contribution in [0.25, 0.3) is 0 Å². The van der Waals surface area contributed by atoms with Gasteiger partial charge in [-0.2, -0.15) is 0 Å². The minimum absolute atomic E-state index is 0.0765. The zero-order valence-electron chi connectivity index (χ0n) is 5.41. The lowest BCUT2D eigenvalue weighted by molar-refractivity contribution is -0.148. The number of ketones is 1. The number of hydrogen-bond acceptors (Lipinski definition) is 3. The van der Waals surface area contributed by atoms with Crippen molar-refractivity contribution in [1.82, 2.24) is 0 Å². The molecule has 0 aromatic rings. The van der Waals surface area contributed by atoms with Crippen molar-refractivity contribution in [3.63, 3.8) is 0 Å². The highest BCUT2D eigenvalue weighted by molar-refractivity contribution is 6.38. The predicted octanol–water partition coefficient (Wildman–Crippen LogP) is 0.352. The summed E-state index contributed by atoms with van der Waals surface area (Å²) in [5.41, 5.74) is 0. The Morgan fingerprint density at radius 1 is 1.45 bits per heavy atom. The van der Waals surface area contributed by atoms with Crippen molar-refractivity contribution in [3.05, 3.63) is 11.1 Å².